The van der Waals surface area contributed by atoms with E-state index in [9.17, 15) is 0 Å². The second-order valence-corrected chi connectivity index (χ2v) is 6.57. The van der Waals surface area contributed by atoms with Crippen molar-refractivity contribution in [2.75, 3.05) is 5.32 Å². The van der Waals surface area contributed by atoms with Gasteiger partial charge in [0.05, 0.1) is 16.8 Å². The molecule has 1 N–H and O–H groups in total. The van der Waals surface area contributed by atoms with Crippen molar-refractivity contribution in [3.8, 4) is 0 Å². The van der Waals surface area contributed by atoms with Gasteiger partial charge in [0, 0.05) is 11.1 Å². The summed E-state index contributed by atoms with van der Waals surface area (Å²) in [5.41, 5.74) is 2.39. The number of hydrogen-bond donors (Lipinski definition) is 1. The number of nitrogens with one attached hydrogen (secondary N) is 1. The Bertz CT molecular complexity index is 570. The van der Waals surface area contributed by atoms with Crippen LogP contribution in [0.3, 0.4) is 0 Å². The Labute approximate surface area is 124 Å². The molecule has 0 amide bonds. The van der Waals surface area contributed by atoms with E-state index in [1.165, 1.54) is 23.3 Å². The zero-order valence-corrected chi connectivity index (χ0v) is 12.8. The lowest BCUT2D eigenvalue weighted by Gasteiger charge is -2.25. The molecule has 0 radical (unpaired) electrons. The number of thiophene rings is 1. The maximum atomic E-state index is 5.99. The van der Waals surface area contributed by atoms with Crippen LogP contribution in [0.15, 0.2) is 28.3 Å². The molecule has 1 aliphatic carbocycles. The van der Waals surface area contributed by atoms with Gasteiger partial charge in [-0.2, -0.15) is 0 Å². The van der Waals surface area contributed by atoms with Crippen molar-refractivity contribution < 1.29 is 0 Å². The molecule has 2 aromatic heterocycles. The van der Waals surface area contributed by atoms with Gasteiger partial charge in [0.2, 0.25) is 0 Å². The first-order valence-corrected chi connectivity index (χ1v) is 7.93. The smallest absolute Gasteiger partial charge is 0.129 e. The minimum absolute atomic E-state index is 0.372. The van der Waals surface area contributed by atoms with Crippen LogP contribution in [0, 0.1) is 0 Å². The lowest BCUT2D eigenvalue weighted by Crippen LogP contribution is -2.16. The number of nitrogens with zero attached hydrogens (tertiary/aromatic N) is 1. The van der Waals surface area contributed by atoms with E-state index in [0.29, 0.717) is 11.1 Å². The fourth-order valence-electron chi connectivity index (χ4n) is 2.35. The van der Waals surface area contributed by atoms with Crippen molar-refractivity contribution in [1.29, 1.82) is 0 Å². The monoisotopic (exact) mass is 342 g/mol. The molecule has 1 atom stereocenters. The highest BCUT2D eigenvalue weighted by Gasteiger charge is 2.21. The summed E-state index contributed by atoms with van der Waals surface area (Å²) in [5, 5.41) is 6.38. The minimum Gasteiger partial charge on any atom is -0.376 e. The molecule has 18 heavy (non-hydrogen) atoms. The maximum absolute atomic E-state index is 5.99. The highest BCUT2D eigenvalue weighted by molar-refractivity contribution is 9.10. The molecule has 0 fully saturated rings. The first-order chi connectivity index (χ1) is 8.74. The van der Waals surface area contributed by atoms with E-state index in [0.717, 1.165) is 16.7 Å². The van der Waals surface area contributed by atoms with Crippen LogP contribution in [0.25, 0.3) is 0 Å². The van der Waals surface area contributed by atoms with Gasteiger partial charge >= 0.3 is 0 Å². The molecule has 0 aromatic carbocycles. The average Bonchev–Trinajstić information content (AvgIpc) is 2.83. The first-order valence-electron chi connectivity index (χ1n) is 5.88. The quantitative estimate of drug-likeness (QED) is 0.772. The summed E-state index contributed by atoms with van der Waals surface area (Å²) in [5.74, 6) is 0. The number of aryl methyl sites for hydroxylation is 1. The number of halogens is 2. The number of anilines is 1. The van der Waals surface area contributed by atoms with Crippen molar-refractivity contribution in [2.45, 2.75) is 25.3 Å². The standard InChI is InChI=1S/C13H12BrClN2S/c14-13-11(6-8(15)7-16-13)17-10-2-1-3-12-9(10)4-5-18-12/h4-7,10,17H,1-3H2. The van der Waals surface area contributed by atoms with Crippen LogP contribution in [-0.2, 0) is 6.42 Å². The van der Waals surface area contributed by atoms with Crippen molar-refractivity contribution in [2.24, 2.45) is 0 Å². The zero-order valence-electron chi connectivity index (χ0n) is 9.62. The van der Waals surface area contributed by atoms with Gasteiger partial charge in [-0.3, -0.25) is 0 Å². The van der Waals surface area contributed by atoms with Gasteiger partial charge in [0.15, 0.2) is 0 Å². The number of hydrogen-bond acceptors (Lipinski definition) is 3. The molecule has 2 nitrogen and oxygen atoms in total. The summed E-state index contributed by atoms with van der Waals surface area (Å²) in [6, 6.07) is 4.51. The van der Waals surface area contributed by atoms with Gasteiger partial charge in [-0.25, -0.2) is 4.98 Å². The van der Waals surface area contributed by atoms with E-state index in [-0.39, 0.29) is 0 Å². The molecule has 94 valence electrons. The maximum Gasteiger partial charge on any atom is 0.129 e. The van der Waals surface area contributed by atoms with Gasteiger partial charge < -0.3 is 5.32 Å². The van der Waals surface area contributed by atoms with Crippen LogP contribution < -0.4 is 5.32 Å². The predicted molar refractivity (Wildman–Crippen MR) is 80.6 cm³/mol. The molecular weight excluding hydrogens is 332 g/mol. The highest BCUT2D eigenvalue weighted by atomic mass is 79.9. The summed E-state index contributed by atoms with van der Waals surface area (Å²) in [4.78, 5) is 5.72. The van der Waals surface area contributed by atoms with E-state index in [2.05, 4.69) is 37.7 Å². The molecule has 2 aromatic rings. The first kappa shape index (κ1) is 12.5. The molecule has 0 spiro atoms. The van der Waals surface area contributed by atoms with Crippen LogP contribution in [0.1, 0.15) is 29.3 Å². The van der Waals surface area contributed by atoms with Gasteiger partial charge in [0.1, 0.15) is 4.60 Å². The Kier molecular flexibility index (Phi) is 3.59. The fourth-order valence-corrected chi connectivity index (χ4v) is 3.82. The van der Waals surface area contributed by atoms with Crippen LogP contribution in [-0.4, -0.2) is 4.98 Å². The Morgan fingerprint density at radius 1 is 1.50 bits per heavy atom. The topological polar surface area (TPSA) is 24.9 Å². The Morgan fingerprint density at radius 2 is 2.39 bits per heavy atom. The van der Waals surface area contributed by atoms with Gasteiger partial charge in [0.25, 0.3) is 0 Å². The molecule has 3 rings (SSSR count). The van der Waals surface area contributed by atoms with E-state index < -0.39 is 0 Å². The van der Waals surface area contributed by atoms with Crippen molar-refractivity contribution in [3.63, 3.8) is 0 Å². The van der Waals surface area contributed by atoms with Crippen LogP contribution in [0.4, 0.5) is 5.69 Å². The normalized spacial score (nSPS) is 18.4. The van der Waals surface area contributed by atoms with Gasteiger partial charge in [-0.15, -0.1) is 11.3 Å². The van der Waals surface area contributed by atoms with E-state index in [1.54, 1.807) is 6.20 Å². The van der Waals surface area contributed by atoms with Gasteiger partial charge in [-0.1, -0.05) is 11.6 Å². The van der Waals surface area contributed by atoms with E-state index >= 15 is 0 Å². The lowest BCUT2D eigenvalue weighted by atomic mass is 9.94. The van der Waals surface area contributed by atoms with E-state index in [4.69, 9.17) is 11.6 Å². The number of rotatable bonds is 2. The minimum atomic E-state index is 0.372. The van der Waals surface area contributed by atoms with Crippen molar-refractivity contribution in [1.82, 2.24) is 4.98 Å². The third-order valence-corrected chi connectivity index (χ3v) is 5.02. The SMILES string of the molecule is Clc1cnc(Br)c(NC2CCCc3sccc32)c1. The molecule has 5 heteroatoms. The van der Waals surface area contributed by atoms with Crippen molar-refractivity contribution in [3.05, 3.63) is 43.8 Å². The highest BCUT2D eigenvalue weighted by Crippen LogP contribution is 2.37. The Morgan fingerprint density at radius 3 is 3.28 bits per heavy atom. The zero-order chi connectivity index (χ0) is 12.5. The van der Waals surface area contributed by atoms with Gasteiger partial charge in [-0.05, 0) is 58.3 Å². The summed E-state index contributed by atoms with van der Waals surface area (Å²) in [6.45, 7) is 0. The molecule has 1 unspecified atom stereocenters. The summed E-state index contributed by atoms with van der Waals surface area (Å²) >= 11 is 11.3. The molecule has 0 aliphatic heterocycles. The fraction of sp³-hybridized carbons (Fsp3) is 0.308. The summed E-state index contributed by atoms with van der Waals surface area (Å²) in [7, 11) is 0. The predicted octanol–water partition coefficient (Wildman–Crippen LogP) is 5.05. The third-order valence-electron chi connectivity index (χ3n) is 3.19. The molecule has 0 saturated carbocycles. The van der Waals surface area contributed by atoms with Crippen LogP contribution in [0.2, 0.25) is 5.02 Å². The molecule has 1 aliphatic rings. The van der Waals surface area contributed by atoms with E-state index in [1.807, 2.05) is 17.4 Å². The lowest BCUT2D eigenvalue weighted by molar-refractivity contribution is 0.608. The largest absolute Gasteiger partial charge is 0.376 e. The summed E-state index contributed by atoms with van der Waals surface area (Å²) < 4.78 is 0.814. The molecule has 0 bridgehead atoms. The number of pyridine rings is 1. The summed E-state index contributed by atoms with van der Waals surface area (Å²) in [6.07, 6.45) is 5.24. The molecule has 2 heterocycles. The molecular formula is C13H12BrClN2S. The molecule has 0 saturated heterocycles. The average molecular weight is 344 g/mol. The number of aromatic nitrogens is 1. The Hall–Kier alpha value is -0.580. The van der Waals surface area contributed by atoms with Crippen LogP contribution in [0.5, 0.6) is 0 Å². The number of fused-ring (bicyclic) bond motifs is 1. The third kappa shape index (κ3) is 2.42. The second-order valence-electron chi connectivity index (χ2n) is 4.38. The Balaban J connectivity index is 1.88. The second kappa shape index (κ2) is 5.19. The van der Waals surface area contributed by atoms with Crippen molar-refractivity contribution >= 4 is 44.6 Å². The van der Waals surface area contributed by atoms with Crippen LogP contribution >= 0.6 is 38.9 Å².